The molecule has 0 bridgehead atoms. The molecule has 2 heterocycles. The molecule has 1 amide bonds. The number of carbonyl (C=O) groups excluding carboxylic acids is 1. The summed E-state index contributed by atoms with van der Waals surface area (Å²) in [5.41, 5.74) is 0. The number of hydrogen-bond acceptors (Lipinski definition) is 3. The summed E-state index contributed by atoms with van der Waals surface area (Å²) in [6, 6.07) is 0. The minimum atomic E-state index is 0.248. The van der Waals surface area contributed by atoms with E-state index < -0.39 is 0 Å². The van der Waals surface area contributed by atoms with Crippen LogP contribution in [0.1, 0.15) is 38.5 Å². The van der Waals surface area contributed by atoms with Gasteiger partial charge < -0.3 is 15.1 Å². The third-order valence-corrected chi connectivity index (χ3v) is 4.50. The number of hydrogen-bond donors (Lipinski definition) is 1. The summed E-state index contributed by atoms with van der Waals surface area (Å²) in [6.07, 6.45) is 6.84. The molecule has 19 heavy (non-hydrogen) atoms. The molecule has 2 fully saturated rings. The SMILES string of the molecule is CN1CCC(CNC(=O)CCCN2CCCC2)CC1. The summed E-state index contributed by atoms with van der Waals surface area (Å²) in [5, 5.41) is 3.12. The number of nitrogens with one attached hydrogen (secondary N) is 1. The second kappa shape index (κ2) is 7.85. The van der Waals surface area contributed by atoms with Crippen LogP contribution in [-0.4, -0.2) is 62.0 Å². The van der Waals surface area contributed by atoms with Crippen molar-refractivity contribution in [1.29, 1.82) is 0 Å². The molecule has 2 aliphatic rings. The van der Waals surface area contributed by atoms with E-state index in [0.717, 1.165) is 19.5 Å². The van der Waals surface area contributed by atoms with E-state index in [-0.39, 0.29) is 5.91 Å². The fourth-order valence-corrected chi connectivity index (χ4v) is 3.08. The van der Waals surface area contributed by atoms with Gasteiger partial charge in [0.25, 0.3) is 0 Å². The molecule has 0 radical (unpaired) electrons. The fourth-order valence-electron chi connectivity index (χ4n) is 3.08. The monoisotopic (exact) mass is 267 g/mol. The Hall–Kier alpha value is -0.610. The van der Waals surface area contributed by atoms with Crippen molar-refractivity contribution in [1.82, 2.24) is 15.1 Å². The number of amides is 1. The smallest absolute Gasteiger partial charge is 0.220 e. The van der Waals surface area contributed by atoms with Crippen molar-refractivity contribution in [3.8, 4) is 0 Å². The molecular weight excluding hydrogens is 238 g/mol. The Morgan fingerprint density at radius 2 is 1.84 bits per heavy atom. The maximum atomic E-state index is 11.8. The van der Waals surface area contributed by atoms with Crippen LogP contribution in [0.5, 0.6) is 0 Å². The molecule has 4 heteroatoms. The molecule has 2 rings (SSSR count). The highest BCUT2D eigenvalue weighted by molar-refractivity contribution is 5.75. The van der Waals surface area contributed by atoms with Gasteiger partial charge in [-0.05, 0) is 77.8 Å². The second-order valence-corrected chi connectivity index (χ2v) is 6.20. The maximum absolute atomic E-state index is 11.8. The Labute approximate surface area is 117 Å². The minimum absolute atomic E-state index is 0.248. The maximum Gasteiger partial charge on any atom is 0.220 e. The van der Waals surface area contributed by atoms with Crippen LogP contribution in [0.3, 0.4) is 0 Å². The molecule has 110 valence electrons. The van der Waals surface area contributed by atoms with E-state index in [1.165, 1.54) is 51.9 Å². The van der Waals surface area contributed by atoms with Gasteiger partial charge in [0.05, 0.1) is 0 Å². The lowest BCUT2D eigenvalue weighted by molar-refractivity contribution is -0.121. The molecule has 0 aromatic carbocycles. The van der Waals surface area contributed by atoms with Crippen LogP contribution in [0, 0.1) is 5.92 Å². The van der Waals surface area contributed by atoms with Crippen molar-refractivity contribution in [2.75, 3.05) is 46.3 Å². The zero-order chi connectivity index (χ0) is 13.5. The fraction of sp³-hybridized carbons (Fsp3) is 0.933. The number of nitrogens with zero attached hydrogens (tertiary/aromatic N) is 2. The topological polar surface area (TPSA) is 35.6 Å². The van der Waals surface area contributed by atoms with Crippen LogP contribution in [0.25, 0.3) is 0 Å². The molecule has 1 N–H and O–H groups in total. The molecule has 2 aliphatic heterocycles. The lowest BCUT2D eigenvalue weighted by Gasteiger charge is -2.28. The summed E-state index contributed by atoms with van der Waals surface area (Å²) >= 11 is 0. The number of piperidine rings is 1. The van der Waals surface area contributed by atoms with Crippen molar-refractivity contribution < 1.29 is 4.79 Å². The van der Waals surface area contributed by atoms with Crippen LogP contribution < -0.4 is 5.32 Å². The van der Waals surface area contributed by atoms with Crippen LogP contribution >= 0.6 is 0 Å². The van der Waals surface area contributed by atoms with Crippen LogP contribution in [-0.2, 0) is 4.79 Å². The molecule has 0 atom stereocenters. The zero-order valence-electron chi connectivity index (χ0n) is 12.4. The van der Waals surface area contributed by atoms with Crippen molar-refractivity contribution in [3.63, 3.8) is 0 Å². The zero-order valence-corrected chi connectivity index (χ0v) is 12.4. The highest BCUT2D eigenvalue weighted by atomic mass is 16.1. The molecule has 4 nitrogen and oxygen atoms in total. The first-order valence-corrected chi connectivity index (χ1v) is 7.91. The van der Waals surface area contributed by atoms with Crippen molar-refractivity contribution in [3.05, 3.63) is 0 Å². The van der Waals surface area contributed by atoms with Crippen LogP contribution in [0.2, 0.25) is 0 Å². The molecular formula is C15H29N3O. The summed E-state index contributed by atoms with van der Waals surface area (Å²) < 4.78 is 0. The molecule has 0 saturated carbocycles. The molecule has 0 aromatic heterocycles. The summed E-state index contributed by atoms with van der Waals surface area (Å²) in [7, 11) is 2.17. The Balaban J connectivity index is 1.49. The van der Waals surface area contributed by atoms with Gasteiger partial charge in [-0.15, -0.1) is 0 Å². The normalized spacial score (nSPS) is 22.8. The first kappa shape index (κ1) is 14.8. The van der Waals surface area contributed by atoms with Gasteiger partial charge in [0.2, 0.25) is 5.91 Å². The standard InChI is InChI=1S/C15H29N3O/c1-17-11-6-14(7-12-17)13-16-15(19)5-4-10-18-8-2-3-9-18/h14H,2-13H2,1H3,(H,16,19). The van der Waals surface area contributed by atoms with Gasteiger partial charge in [-0.3, -0.25) is 4.79 Å². The highest BCUT2D eigenvalue weighted by Gasteiger charge is 2.17. The number of likely N-dealkylation sites (tertiary alicyclic amines) is 2. The predicted octanol–water partition coefficient (Wildman–Crippen LogP) is 1.32. The van der Waals surface area contributed by atoms with E-state index >= 15 is 0 Å². The van der Waals surface area contributed by atoms with E-state index in [2.05, 4.69) is 22.2 Å². The van der Waals surface area contributed by atoms with Crippen molar-refractivity contribution in [2.24, 2.45) is 5.92 Å². The van der Waals surface area contributed by atoms with E-state index in [1.54, 1.807) is 0 Å². The Kier molecular flexibility index (Phi) is 6.11. The van der Waals surface area contributed by atoms with E-state index in [9.17, 15) is 4.79 Å². The van der Waals surface area contributed by atoms with Crippen molar-refractivity contribution in [2.45, 2.75) is 38.5 Å². The highest BCUT2D eigenvalue weighted by Crippen LogP contribution is 2.14. The van der Waals surface area contributed by atoms with Gasteiger partial charge in [0.1, 0.15) is 0 Å². The van der Waals surface area contributed by atoms with E-state index in [4.69, 9.17) is 0 Å². The summed E-state index contributed by atoms with van der Waals surface area (Å²) in [5.74, 6) is 0.942. The minimum Gasteiger partial charge on any atom is -0.356 e. The number of rotatable bonds is 6. The molecule has 0 aromatic rings. The Morgan fingerprint density at radius 1 is 1.16 bits per heavy atom. The van der Waals surface area contributed by atoms with Gasteiger partial charge >= 0.3 is 0 Å². The average Bonchev–Trinajstić information content (AvgIpc) is 2.91. The summed E-state index contributed by atoms with van der Waals surface area (Å²) in [6.45, 7) is 6.80. The molecule has 0 spiro atoms. The van der Waals surface area contributed by atoms with Gasteiger partial charge in [-0.25, -0.2) is 0 Å². The predicted molar refractivity (Wildman–Crippen MR) is 78.1 cm³/mol. The van der Waals surface area contributed by atoms with Crippen LogP contribution in [0.4, 0.5) is 0 Å². The lowest BCUT2D eigenvalue weighted by atomic mass is 9.97. The third-order valence-electron chi connectivity index (χ3n) is 4.50. The first-order chi connectivity index (χ1) is 9.24. The largest absolute Gasteiger partial charge is 0.356 e. The Morgan fingerprint density at radius 3 is 2.53 bits per heavy atom. The van der Waals surface area contributed by atoms with E-state index in [0.29, 0.717) is 12.3 Å². The lowest BCUT2D eigenvalue weighted by Crippen LogP contribution is -2.37. The number of carbonyl (C=O) groups is 1. The van der Waals surface area contributed by atoms with Gasteiger partial charge in [-0.2, -0.15) is 0 Å². The average molecular weight is 267 g/mol. The molecule has 0 unspecified atom stereocenters. The van der Waals surface area contributed by atoms with Gasteiger partial charge in [0, 0.05) is 13.0 Å². The van der Waals surface area contributed by atoms with Gasteiger partial charge in [0.15, 0.2) is 0 Å². The molecule has 2 saturated heterocycles. The molecule has 0 aliphatic carbocycles. The second-order valence-electron chi connectivity index (χ2n) is 6.20. The quantitative estimate of drug-likeness (QED) is 0.788. The first-order valence-electron chi connectivity index (χ1n) is 7.91. The van der Waals surface area contributed by atoms with Gasteiger partial charge in [-0.1, -0.05) is 0 Å². The van der Waals surface area contributed by atoms with Crippen molar-refractivity contribution >= 4 is 5.91 Å². The summed E-state index contributed by atoms with van der Waals surface area (Å²) in [4.78, 5) is 16.6. The Bertz CT molecular complexity index is 269. The third kappa shape index (κ3) is 5.49. The van der Waals surface area contributed by atoms with E-state index in [1.807, 2.05) is 0 Å². The van der Waals surface area contributed by atoms with Crippen LogP contribution in [0.15, 0.2) is 0 Å².